The number of amides is 1. The van der Waals surface area contributed by atoms with Gasteiger partial charge in [0.15, 0.2) is 0 Å². The molecule has 0 saturated heterocycles. The van der Waals surface area contributed by atoms with Crippen molar-refractivity contribution in [3.8, 4) is 0 Å². The van der Waals surface area contributed by atoms with Gasteiger partial charge in [-0.3, -0.25) is 4.79 Å². The smallest absolute Gasteiger partial charge is 0.262 e. The van der Waals surface area contributed by atoms with Crippen molar-refractivity contribution in [3.63, 3.8) is 0 Å². The molecular formula is C27H40N4O. The standard InChI is InChI=1S/C27H40N4O/c1-7-20-18-24-25(19-21(20)8-2)31(17-13-16-29(10-4)11-5)26-23(27(32)30(24)12-6)15-14-22(9-3)28-26/h14-15,18-19H,7-13,16-17H2,1-6H3. The molecule has 2 heterocycles. The predicted molar refractivity (Wildman–Crippen MR) is 136 cm³/mol. The van der Waals surface area contributed by atoms with E-state index in [-0.39, 0.29) is 5.91 Å². The third-order valence-electron chi connectivity index (χ3n) is 6.73. The van der Waals surface area contributed by atoms with Crippen molar-refractivity contribution in [2.45, 2.75) is 67.2 Å². The van der Waals surface area contributed by atoms with Crippen LogP contribution in [0.4, 0.5) is 17.2 Å². The van der Waals surface area contributed by atoms with E-state index in [1.54, 1.807) is 0 Å². The van der Waals surface area contributed by atoms with Gasteiger partial charge in [0.05, 0.1) is 16.9 Å². The highest BCUT2D eigenvalue weighted by molar-refractivity contribution is 6.13. The van der Waals surface area contributed by atoms with E-state index in [0.717, 1.165) is 74.7 Å². The van der Waals surface area contributed by atoms with Gasteiger partial charge in [0.1, 0.15) is 5.82 Å². The number of pyridine rings is 1. The summed E-state index contributed by atoms with van der Waals surface area (Å²) in [5, 5.41) is 0. The molecule has 0 unspecified atom stereocenters. The lowest BCUT2D eigenvalue weighted by molar-refractivity contribution is 0.0989. The number of carbonyl (C=O) groups is 1. The molecular weight excluding hydrogens is 396 g/mol. The van der Waals surface area contributed by atoms with Gasteiger partial charge in [0.2, 0.25) is 0 Å². The molecule has 0 aliphatic carbocycles. The lowest BCUT2D eigenvalue weighted by Gasteiger charge is -2.29. The van der Waals surface area contributed by atoms with Crippen molar-refractivity contribution in [2.75, 3.05) is 42.5 Å². The van der Waals surface area contributed by atoms with Crippen molar-refractivity contribution < 1.29 is 4.79 Å². The second-order valence-electron chi connectivity index (χ2n) is 8.43. The number of nitrogens with zero attached hydrogens (tertiary/aromatic N) is 4. The number of aromatic nitrogens is 1. The van der Waals surface area contributed by atoms with E-state index < -0.39 is 0 Å². The molecule has 2 aromatic rings. The first-order valence-corrected chi connectivity index (χ1v) is 12.5. The van der Waals surface area contributed by atoms with Crippen molar-refractivity contribution in [1.82, 2.24) is 9.88 Å². The molecule has 0 saturated carbocycles. The number of benzene rings is 1. The van der Waals surface area contributed by atoms with Crippen LogP contribution in [0.2, 0.25) is 0 Å². The first kappa shape index (κ1) is 24.2. The normalized spacial score (nSPS) is 13.4. The number of hydrogen-bond donors (Lipinski definition) is 0. The van der Waals surface area contributed by atoms with Gasteiger partial charge in [-0.05, 0) is 87.6 Å². The SMILES string of the molecule is CCc1ccc2c(n1)N(CCCN(CC)CC)c1cc(CC)c(CC)cc1N(CC)C2=O. The summed E-state index contributed by atoms with van der Waals surface area (Å²) in [6.07, 6.45) is 3.83. The van der Waals surface area contributed by atoms with E-state index in [4.69, 9.17) is 4.98 Å². The van der Waals surface area contributed by atoms with Crippen molar-refractivity contribution in [2.24, 2.45) is 0 Å². The van der Waals surface area contributed by atoms with Gasteiger partial charge in [-0.2, -0.15) is 0 Å². The number of aryl methyl sites for hydroxylation is 3. The third kappa shape index (κ3) is 4.68. The van der Waals surface area contributed by atoms with E-state index in [9.17, 15) is 4.79 Å². The van der Waals surface area contributed by atoms with Crippen LogP contribution in [-0.2, 0) is 19.3 Å². The van der Waals surface area contributed by atoms with Gasteiger partial charge in [-0.1, -0.05) is 34.6 Å². The van der Waals surface area contributed by atoms with E-state index >= 15 is 0 Å². The largest absolute Gasteiger partial charge is 0.324 e. The van der Waals surface area contributed by atoms with Crippen LogP contribution < -0.4 is 9.80 Å². The fourth-order valence-corrected chi connectivity index (χ4v) is 4.71. The zero-order valence-corrected chi connectivity index (χ0v) is 20.9. The van der Waals surface area contributed by atoms with Gasteiger partial charge < -0.3 is 14.7 Å². The monoisotopic (exact) mass is 436 g/mol. The molecule has 1 aliphatic rings. The van der Waals surface area contributed by atoms with Gasteiger partial charge in [-0.15, -0.1) is 0 Å². The first-order valence-electron chi connectivity index (χ1n) is 12.5. The summed E-state index contributed by atoms with van der Waals surface area (Å²) in [5.41, 5.74) is 6.56. The van der Waals surface area contributed by atoms with Gasteiger partial charge in [0.25, 0.3) is 5.91 Å². The molecule has 1 amide bonds. The molecule has 1 aromatic heterocycles. The lowest BCUT2D eigenvalue weighted by Crippen LogP contribution is -2.30. The molecule has 0 radical (unpaired) electrons. The molecule has 174 valence electrons. The van der Waals surface area contributed by atoms with Crippen LogP contribution in [0.5, 0.6) is 0 Å². The molecule has 1 aliphatic heterocycles. The number of fused-ring (bicyclic) bond motifs is 2. The molecule has 0 fully saturated rings. The maximum Gasteiger partial charge on any atom is 0.262 e. The van der Waals surface area contributed by atoms with Crippen LogP contribution in [0, 0.1) is 0 Å². The minimum atomic E-state index is 0.0523. The summed E-state index contributed by atoms with van der Waals surface area (Å²) >= 11 is 0. The lowest BCUT2D eigenvalue weighted by atomic mass is 9.99. The zero-order chi connectivity index (χ0) is 23.3. The summed E-state index contributed by atoms with van der Waals surface area (Å²) in [7, 11) is 0. The fraction of sp³-hybridized carbons (Fsp3) is 0.556. The van der Waals surface area contributed by atoms with Crippen LogP contribution in [-0.4, -0.2) is 48.5 Å². The molecule has 5 heteroatoms. The van der Waals surface area contributed by atoms with E-state index in [1.165, 1.54) is 11.1 Å². The van der Waals surface area contributed by atoms with Crippen LogP contribution in [0.3, 0.4) is 0 Å². The van der Waals surface area contributed by atoms with Crippen LogP contribution in [0.1, 0.15) is 75.1 Å². The highest BCUT2D eigenvalue weighted by atomic mass is 16.2. The summed E-state index contributed by atoms with van der Waals surface area (Å²) < 4.78 is 0. The van der Waals surface area contributed by atoms with Crippen LogP contribution in [0.15, 0.2) is 24.3 Å². The molecule has 1 aromatic carbocycles. The topological polar surface area (TPSA) is 39.7 Å². The highest BCUT2D eigenvalue weighted by Gasteiger charge is 2.32. The molecule has 0 atom stereocenters. The molecule has 0 spiro atoms. The number of carbonyl (C=O) groups excluding carboxylic acids is 1. The molecule has 0 bridgehead atoms. The Balaban J connectivity index is 2.18. The average Bonchev–Trinajstić information content (AvgIpc) is 2.92. The fourth-order valence-electron chi connectivity index (χ4n) is 4.71. The Kier molecular flexibility index (Phi) is 8.30. The highest BCUT2D eigenvalue weighted by Crippen LogP contribution is 2.42. The Hall–Kier alpha value is -2.40. The van der Waals surface area contributed by atoms with Crippen molar-refractivity contribution in [3.05, 3.63) is 46.6 Å². The second kappa shape index (κ2) is 11.0. The average molecular weight is 437 g/mol. The van der Waals surface area contributed by atoms with Crippen LogP contribution in [0.25, 0.3) is 0 Å². The zero-order valence-electron chi connectivity index (χ0n) is 20.9. The number of rotatable bonds is 10. The Labute approximate surface area is 194 Å². The van der Waals surface area contributed by atoms with Crippen molar-refractivity contribution in [1.29, 1.82) is 0 Å². The first-order chi connectivity index (χ1) is 15.5. The van der Waals surface area contributed by atoms with Gasteiger partial charge in [0, 0.05) is 18.8 Å². The maximum atomic E-state index is 13.7. The maximum absolute atomic E-state index is 13.7. The second-order valence-corrected chi connectivity index (χ2v) is 8.43. The van der Waals surface area contributed by atoms with Crippen molar-refractivity contribution >= 4 is 23.1 Å². The van der Waals surface area contributed by atoms with E-state index in [2.05, 4.69) is 63.5 Å². The van der Waals surface area contributed by atoms with E-state index in [0.29, 0.717) is 12.1 Å². The molecule has 5 nitrogen and oxygen atoms in total. The Bertz CT molecular complexity index is 935. The minimum Gasteiger partial charge on any atom is -0.324 e. The summed E-state index contributed by atoms with van der Waals surface area (Å²) in [5.74, 6) is 0.869. The summed E-state index contributed by atoms with van der Waals surface area (Å²) in [6, 6.07) is 8.55. The Morgan fingerprint density at radius 1 is 0.844 bits per heavy atom. The van der Waals surface area contributed by atoms with Gasteiger partial charge >= 0.3 is 0 Å². The molecule has 32 heavy (non-hydrogen) atoms. The number of hydrogen-bond acceptors (Lipinski definition) is 4. The Morgan fingerprint density at radius 3 is 2.00 bits per heavy atom. The third-order valence-corrected chi connectivity index (χ3v) is 6.73. The minimum absolute atomic E-state index is 0.0523. The molecule has 3 rings (SSSR count). The Morgan fingerprint density at radius 2 is 1.47 bits per heavy atom. The quantitative estimate of drug-likeness (QED) is 0.485. The predicted octanol–water partition coefficient (Wildman–Crippen LogP) is 5.62. The molecule has 0 N–H and O–H groups in total. The summed E-state index contributed by atoms with van der Waals surface area (Å²) in [6.45, 7) is 17.7. The number of anilines is 3. The van der Waals surface area contributed by atoms with E-state index in [1.807, 2.05) is 17.0 Å². The summed E-state index contributed by atoms with van der Waals surface area (Å²) in [4.78, 5) is 25.4. The van der Waals surface area contributed by atoms with Gasteiger partial charge in [-0.25, -0.2) is 4.98 Å². The van der Waals surface area contributed by atoms with Crippen LogP contribution >= 0.6 is 0 Å².